The number of carbonyl (C=O) groups is 1. The fraction of sp³-hybridized carbons (Fsp3) is 0.593. The van der Waals surface area contributed by atoms with Crippen molar-refractivity contribution in [3.63, 3.8) is 0 Å². The van der Waals surface area contributed by atoms with Crippen molar-refractivity contribution in [2.24, 2.45) is 11.8 Å². The van der Waals surface area contributed by atoms with Crippen LogP contribution < -0.4 is 0 Å². The molecule has 1 aromatic heterocycles. The highest BCUT2D eigenvalue weighted by atomic mass is 35.5. The minimum Gasteiger partial charge on any atom is -0.381 e. The van der Waals surface area contributed by atoms with Crippen LogP contribution in [0.15, 0.2) is 24.5 Å². The van der Waals surface area contributed by atoms with Crippen LogP contribution in [0.5, 0.6) is 0 Å². The number of piperidine rings is 1. The Balaban J connectivity index is 1.40. The van der Waals surface area contributed by atoms with E-state index in [1.54, 1.807) is 13.0 Å². The maximum absolute atomic E-state index is 13.3. The molecule has 2 heterocycles. The van der Waals surface area contributed by atoms with Crippen LogP contribution in [0.4, 0.5) is 13.2 Å². The van der Waals surface area contributed by atoms with Crippen LogP contribution in [0.2, 0.25) is 5.02 Å². The Labute approximate surface area is 215 Å². The standard InChI is InChI=1S/C27H33ClF3N3O2/c1-17-23(15-19-7-8-22(28)21(14-19)27(29,30)31)32-16-33-25(17)26(35)34-11-9-18(10-12-34)13-20-5-3-4-6-24(20)36-2/h7-8,14,16,18,20,24H,3-6,9-13,15H2,1-2H3/t20-,24-/m0/s1. The molecule has 36 heavy (non-hydrogen) atoms. The summed E-state index contributed by atoms with van der Waals surface area (Å²) in [7, 11) is 1.81. The summed E-state index contributed by atoms with van der Waals surface area (Å²) in [5.41, 5.74) is 0.984. The van der Waals surface area contributed by atoms with E-state index in [0.29, 0.717) is 53.5 Å². The van der Waals surface area contributed by atoms with Crippen molar-refractivity contribution in [2.45, 2.75) is 70.6 Å². The monoisotopic (exact) mass is 523 g/mol. The Morgan fingerprint density at radius 2 is 1.86 bits per heavy atom. The molecule has 0 unspecified atom stereocenters. The van der Waals surface area contributed by atoms with Crippen molar-refractivity contribution in [1.29, 1.82) is 0 Å². The zero-order valence-corrected chi connectivity index (χ0v) is 21.5. The number of benzene rings is 1. The fourth-order valence-electron chi connectivity index (χ4n) is 5.68. The molecule has 5 nitrogen and oxygen atoms in total. The SMILES string of the molecule is CO[C@H]1CCCC[C@H]1CC1CCN(C(=O)c2ncnc(Cc3ccc(Cl)c(C(F)(F)F)c3)c2C)CC1. The van der Waals surface area contributed by atoms with Gasteiger partial charge in [0.15, 0.2) is 0 Å². The largest absolute Gasteiger partial charge is 0.417 e. The summed E-state index contributed by atoms with van der Waals surface area (Å²) in [5.74, 6) is 1.05. The van der Waals surface area contributed by atoms with Crippen LogP contribution in [0, 0.1) is 18.8 Å². The van der Waals surface area contributed by atoms with E-state index in [9.17, 15) is 18.0 Å². The number of ether oxygens (including phenoxy) is 1. The van der Waals surface area contributed by atoms with E-state index < -0.39 is 11.7 Å². The molecule has 1 amide bonds. The second-order valence-corrected chi connectivity index (χ2v) is 10.5. The van der Waals surface area contributed by atoms with E-state index in [1.807, 2.05) is 12.0 Å². The molecule has 0 bridgehead atoms. The van der Waals surface area contributed by atoms with Gasteiger partial charge in [0.1, 0.15) is 12.0 Å². The lowest BCUT2D eigenvalue weighted by Gasteiger charge is -2.37. The molecule has 1 aliphatic heterocycles. The van der Waals surface area contributed by atoms with Crippen LogP contribution in [0.1, 0.15) is 77.8 Å². The third-order valence-corrected chi connectivity index (χ3v) is 8.11. The first-order valence-corrected chi connectivity index (χ1v) is 13.0. The van der Waals surface area contributed by atoms with Crippen LogP contribution in [0.25, 0.3) is 0 Å². The van der Waals surface area contributed by atoms with Crippen molar-refractivity contribution in [3.8, 4) is 0 Å². The maximum atomic E-state index is 13.3. The molecule has 1 saturated carbocycles. The van der Waals surface area contributed by atoms with E-state index in [-0.39, 0.29) is 17.4 Å². The number of aromatic nitrogens is 2. The number of rotatable bonds is 6. The number of alkyl halides is 3. The second kappa shape index (κ2) is 11.5. The summed E-state index contributed by atoms with van der Waals surface area (Å²) < 4.78 is 45.5. The van der Waals surface area contributed by atoms with Gasteiger partial charge in [0.25, 0.3) is 5.91 Å². The van der Waals surface area contributed by atoms with Gasteiger partial charge >= 0.3 is 6.18 Å². The molecule has 1 aromatic carbocycles. The minimum absolute atomic E-state index is 0.144. The smallest absolute Gasteiger partial charge is 0.381 e. The highest BCUT2D eigenvalue weighted by Gasteiger charge is 2.34. The Bertz CT molecular complexity index is 1070. The van der Waals surface area contributed by atoms with E-state index in [4.69, 9.17) is 16.3 Å². The van der Waals surface area contributed by atoms with Gasteiger partial charge in [0.05, 0.1) is 22.4 Å². The molecule has 0 radical (unpaired) electrons. The first-order valence-electron chi connectivity index (χ1n) is 12.7. The van der Waals surface area contributed by atoms with Crippen LogP contribution in [0.3, 0.4) is 0 Å². The molecule has 0 N–H and O–H groups in total. The molecular formula is C27H33ClF3N3O2. The third-order valence-electron chi connectivity index (χ3n) is 7.78. The number of hydrogen-bond acceptors (Lipinski definition) is 4. The Hall–Kier alpha value is -2.19. The predicted octanol–water partition coefficient (Wildman–Crippen LogP) is 6.50. The zero-order chi connectivity index (χ0) is 25.9. The topological polar surface area (TPSA) is 55.3 Å². The minimum atomic E-state index is -4.54. The molecule has 4 rings (SSSR count). The summed E-state index contributed by atoms with van der Waals surface area (Å²) in [5, 5.41) is -0.342. The van der Waals surface area contributed by atoms with E-state index in [1.165, 1.54) is 31.7 Å². The number of halogens is 4. The van der Waals surface area contributed by atoms with Gasteiger partial charge in [-0.3, -0.25) is 4.79 Å². The average molecular weight is 524 g/mol. The Kier molecular flexibility index (Phi) is 8.56. The summed E-state index contributed by atoms with van der Waals surface area (Å²) in [6, 6.07) is 3.83. The van der Waals surface area contributed by atoms with Gasteiger partial charge in [-0.25, -0.2) is 9.97 Å². The van der Waals surface area contributed by atoms with Crippen molar-refractivity contribution < 1.29 is 22.7 Å². The van der Waals surface area contributed by atoms with Gasteiger partial charge in [-0.2, -0.15) is 13.2 Å². The van der Waals surface area contributed by atoms with E-state index >= 15 is 0 Å². The van der Waals surface area contributed by atoms with Gasteiger partial charge in [-0.1, -0.05) is 30.5 Å². The van der Waals surface area contributed by atoms with Gasteiger partial charge in [-0.15, -0.1) is 0 Å². The summed E-state index contributed by atoms with van der Waals surface area (Å²) in [4.78, 5) is 23.6. The first kappa shape index (κ1) is 26.9. The van der Waals surface area contributed by atoms with Gasteiger partial charge in [-0.05, 0) is 68.6 Å². The van der Waals surface area contributed by atoms with Crippen molar-refractivity contribution in [3.05, 3.63) is 57.6 Å². The number of hydrogen-bond donors (Lipinski definition) is 0. The average Bonchev–Trinajstić information content (AvgIpc) is 2.86. The van der Waals surface area contributed by atoms with Crippen molar-refractivity contribution >= 4 is 17.5 Å². The highest BCUT2D eigenvalue weighted by molar-refractivity contribution is 6.31. The molecule has 196 valence electrons. The molecule has 2 aromatic rings. The lowest BCUT2D eigenvalue weighted by Crippen LogP contribution is -2.40. The molecule has 0 spiro atoms. The summed E-state index contributed by atoms with van der Waals surface area (Å²) in [6.45, 7) is 3.11. The fourth-order valence-corrected chi connectivity index (χ4v) is 5.90. The van der Waals surface area contributed by atoms with Crippen LogP contribution in [-0.2, 0) is 17.3 Å². The normalized spacial score (nSPS) is 21.6. The number of methoxy groups -OCH3 is 1. The van der Waals surface area contributed by atoms with Crippen LogP contribution >= 0.6 is 11.6 Å². The van der Waals surface area contributed by atoms with Crippen molar-refractivity contribution in [1.82, 2.24) is 14.9 Å². The first-order chi connectivity index (χ1) is 17.2. The lowest BCUT2D eigenvalue weighted by atomic mass is 9.78. The third kappa shape index (κ3) is 6.20. The molecule has 1 saturated heterocycles. The van der Waals surface area contributed by atoms with E-state index in [0.717, 1.165) is 31.7 Å². The summed E-state index contributed by atoms with van der Waals surface area (Å²) in [6.07, 6.45) is 5.22. The lowest BCUT2D eigenvalue weighted by molar-refractivity contribution is -0.137. The predicted molar refractivity (Wildman–Crippen MR) is 132 cm³/mol. The van der Waals surface area contributed by atoms with Gasteiger partial charge < -0.3 is 9.64 Å². The molecular weight excluding hydrogens is 491 g/mol. The number of nitrogens with zero attached hydrogens (tertiary/aromatic N) is 3. The molecule has 2 fully saturated rings. The quantitative estimate of drug-likeness (QED) is 0.434. The molecule has 2 atom stereocenters. The second-order valence-electron chi connectivity index (χ2n) is 10.1. The Morgan fingerprint density at radius 1 is 1.14 bits per heavy atom. The van der Waals surface area contributed by atoms with Crippen LogP contribution in [-0.4, -0.2) is 47.1 Å². The summed E-state index contributed by atoms with van der Waals surface area (Å²) >= 11 is 5.75. The van der Waals surface area contributed by atoms with Crippen molar-refractivity contribution in [2.75, 3.05) is 20.2 Å². The maximum Gasteiger partial charge on any atom is 0.417 e. The number of likely N-dealkylation sites (tertiary alicyclic amines) is 1. The van der Waals surface area contributed by atoms with E-state index in [2.05, 4.69) is 9.97 Å². The Morgan fingerprint density at radius 3 is 2.56 bits per heavy atom. The number of amides is 1. The van der Waals surface area contributed by atoms with Gasteiger partial charge in [0, 0.05) is 32.2 Å². The molecule has 2 aliphatic rings. The molecule has 1 aliphatic carbocycles. The molecule has 9 heteroatoms. The number of carbonyl (C=O) groups excluding carboxylic acids is 1. The highest BCUT2D eigenvalue weighted by Crippen LogP contribution is 2.36. The van der Waals surface area contributed by atoms with Gasteiger partial charge in [0.2, 0.25) is 0 Å². The zero-order valence-electron chi connectivity index (χ0n) is 20.8.